The smallest absolute Gasteiger partial charge is 0.277 e. The normalized spacial score (nSPS) is 10.7. The Labute approximate surface area is 174 Å². The van der Waals surface area contributed by atoms with Gasteiger partial charge in [0.1, 0.15) is 5.75 Å². The lowest BCUT2D eigenvalue weighted by Crippen LogP contribution is -2.24. The molecule has 0 aromatic heterocycles. The van der Waals surface area contributed by atoms with Gasteiger partial charge < -0.3 is 14.2 Å². The number of hydrazone groups is 1. The fraction of sp³-hybridized carbons (Fsp3) is 0.333. The summed E-state index contributed by atoms with van der Waals surface area (Å²) in [7, 11) is 1.57. The zero-order valence-corrected chi connectivity index (χ0v) is 17.9. The topological polar surface area (TPSA) is 69.2 Å². The number of aryl methyl sites for hydroxylation is 1. The van der Waals surface area contributed by atoms with Crippen LogP contribution in [0.1, 0.15) is 31.4 Å². The number of ether oxygens (including phenoxy) is 3. The van der Waals surface area contributed by atoms with Gasteiger partial charge in [-0.2, -0.15) is 5.10 Å². The molecule has 0 unspecified atom stereocenters. The lowest BCUT2D eigenvalue weighted by molar-refractivity contribution is -0.123. The van der Waals surface area contributed by atoms with Crippen LogP contribution in [0.2, 0.25) is 0 Å². The van der Waals surface area contributed by atoms with Crippen molar-refractivity contribution in [1.82, 2.24) is 5.43 Å². The molecule has 1 amide bonds. The van der Waals surface area contributed by atoms with Crippen LogP contribution in [0.4, 0.5) is 0 Å². The van der Waals surface area contributed by atoms with Gasteiger partial charge in [0.2, 0.25) is 0 Å². The number of benzene rings is 2. The third-order valence-corrected chi connectivity index (χ3v) is 4.36. The van der Waals surface area contributed by atoms with Gasteiger partial charge in [-0.15, -0.1) is 0 Å². The number of amides is 1. The Morgan fingerprint density at radius 2 is 1.93 bits per heavy atom. The highest BCUT2D eigenvalue weighted by Crippen LogP contribution is 2.36. The van der Waals surface area contributed by atoms with Gasteiger partial charge in [-0.25, -0.2) is 5.43 Å². The maximum atomic E-state index is 11.9. The third-order valence-electron chi connectivity index (χ3n) is 3.78. The van der Waals surface area contributed by atoms with E-state index in [1.54, 1.807) is 13.2 Å². The average molecular weight is 449 g/mol. The second kappa shape index (κ2) is 11.3. The zero-order chi connectivity index (χ0) is 20.4. The van der Waals surface area contributed by atoms with Gasteiger partial charge in [0, 0.05) is 0 Å². The van der Waals surface area contributed by atoms with Crippen molar-refractivity contribution < 1.29 is 19.0 Å². The van der Waals surface area contributed by atoms with E-state index in [0.717, 1.165) is 22.9 Å². The molecular weight excluding hydrogens is 424 g/mol. The van der Waals surface area contributed by atoms with Gasteiger partial charge in [-0.1, -0.05) is 25.5 Å². The standard InChI is InChI=1S/C21H25BrN2O4/c1-4-6-15-7-9-17(10-8-15)28-14-20(25)24-23-13-16-11-18(22)21(27-5-2)19(12-16)26-3/h7-13H,4-6,14H2,1-3H3,(H,24,25)/b23-13+. The Kier molecular flexibility index (Phi) is 8.81. The molecule has 0 atom stereocenters. The van der Waals surface area contributed by atoms with Crippen molar-refractivity contribution in [2.75, 3.05) is 20.3 Å². The second-order valence-corrected chi connectivity index (χ2v) is 6.80. The number of halogens is 1. The molecule has 150 valence electrons. The third kappa shape index (κ3) is 6.56. The molecular formula is C21H25BrN2O4. The van der Waals surface area contributed by atoms with Crippen LogP contribution < -0.4 is 19.6 Å². The molecule has 0 saturated carbocycles. The van der Waals surface area contributed by atoms with E-state index in [1.807, 2.05) is 37.3 Å². The maximum absolute atomic E-state index is 11.9. The summed E-state index contributed by atoms with van der Waals surface area (Å²) in [6.07, 6.45) is 3.65. The monoisotopic (exact) mass is 448 g/mol. The van der Waals surface area contributed by atoms with Crippen LogP contribution in [0.5, 0.6) is 17.2 Å². The Morgan fingerprint density at radius 1 is 1.18 bits per heavy atom. The lowest BCUT2D eigenvalue weighted by Gasteiger charge is -2.12. The van der Waals surface area contributed by atoms with Crippen molar-refractivity contribution in [1.29, 1.82) is 0 Å². The number of methoxy groups -OCH3 is 1. The first-order valence-electron chi connectivity index (χ1n) is 9.11. The molecule has 0 saturated heterocycles. The van der Waals surface area contributed by atoms with Crippen LogP contribution in [0, 0.1) is 0 Å². The fourth-order valence-electron chi connectivity index (χ4n) is 2.50. The number of nitrogens with one attached hydrogen (secondary N) is 1. The van der Waals surface area contributed by atoms with Gasteiger partial charge in [0.15, 0.2) is 18.1 Å². The molecule has 28 heavy (non-hydrogen) atoms. The van der Waals surface area contributed by atoms with Crippen LogP contribution in [-0.4, -0.2) is 32.4 Å². The maximum Gasteiger partial charge on any atom is 0.277 e. The summed E-state index contributed by atoms with van der Waals surface area (Å²) >= 11 is 3.45. The molecule has 0 spiro atoms. The number of hydrogen-bond acceptors (Lipinski definition) is 5. The average Bonchev–Trinajstić information content (AvgIpc) is 2.69. The van der Waals surface area contributed by atoms with Gasteiger partial charge in [-0.05, 0) is 64.7 Å². The SMILES string of the molecule is CCCc1ccc(OCC(=O)N/N=C/c2cc(Br)c(OCC)c(OC)c2)cc1. The van der Waals surface area contributed by atoms with Crippen LogP contribution in [0.25, 0.3) is 0 Å². The van der Waals surface area contributed by atoms with Crippen molar-refractivity contribution >= 4 is 28.1 Å². The van der Waals surface area contributed by atoms with Gasteiger partial charge in [0.05, 0.1) is 24.4 Å². The van der Waals surface area contributed by atoms with Crippen molar-refractivity contribution in [2.45, 2.75) is 26.7 Å². The number of rotatable bonds is 10. The highest BCUT2D eigenvalue weighted by molar-refractivity contribution is 9.10. The van der Waals surface area contributed by atoms with Crippen molar-refractivity contribution in [3.63, 3.8) is 0 Å². The molecule has 2 aromatic carbocycles. The van der Waals surface area contributed by atoms with E-state index in [0.29, 0.717) is 23.9 Å². The minimum Gasteiger partial charge on any atom is -0.493 e. The largest absolute Gasteiger partial charge is 0.493 e. The van der Waals surface area contributed by atoms with Crippen LogP contribution in [0.15, 0.2) is 46.0 Å². The minimum atomic E-state index is -0.342. The van der Waals surface area contributed by atoms with E-state index in [4.69, 9.17) is 14.2 Å². The summed E-state index contributed by atoms with van der Waals surface area (Å²) in [5.74, 6) is 1.52. The fourth-order valence-corrected chi connectivity index (χ4v) is 3.07. The summed E-state index contributed by atoms with van der Waals surface area (Å²) in [4.78, 5) is 11.9. The van der Waals surface area contributed by atoms with Crippen molar-refractivity contribution in [3.8, 4) is 17.2 Å². The van der Waals surface area contributed by atoms with E-state index in [1.165, 1.54) is 11.8 Å². The first kappa shape index (κ1) is 21.8. The number of hydrogen-bond donors (Lipinski definition) is 1. The molecule has 0 aliphatic carbocycles. The molecule has 2 rings (SSSR count). The molecule has 0 radical (unpaired) electrons. The van der Waals surface area contributed by atoms with Crippen molar-refractivity contribution in [3.05, 3.63) is 52.0 Å². The number of carbonyl (C=O) groups is 1. The van der Waals surface area contributed by atoms with Crippen LogP contribution in [0.3, 0.4) is 0 Å². The molecule has 0 aliphatic rings. The van der Waals surface area contributed by atoms with E-state index in [2.05, 4.69) is 33.4 Å². The molecule has 0 bridgehead atoms. The highest BCUT2D eigenvalue weighted by Gasteiger charge is 2.10. The second-order valence-electron chi connectivity index (χ2n) is 5.94. The lowest BCUT2D eigenvalue weighted by atomic mass is 10.1. The van der Waals surface area contributed by atoms with Crippen molar-refractivity contribution in [2.24, 2.45) is 5.10 Å². The van der Waals surface area contributed by atoms with Gasteiger partial charge in [0.25, 0.3) is 5.91 Å². The van der Waals surface area contributed by atoms with Gasteiger partial charge >= 0.3 is 0 Å². The van der Waals surface area contributed by atoms with E-state index >= 15 is 0 Å². The van der Waals surface area contributed by atoms with E-state index in [-0.39, 0.29) is 12.5 Å². The molecule has 0 aliphatic heterocycles. The summed E-state index contributed by atoms with van der Waals surface area (Å²) in [5.41, 5.74) is 4.45. The Hall–Kier alpha value is -2.54. The van der Waals surface area contributed by atoms with Gasteiger partial charge in [-0.3, -0.25) is 4.79 Å². The van der Waals surface area contributed by atoms with Crippen LogP contribution >= 0.6 is 15.9 Å². The molecule has 2 aromatic rings. The minimum absolute atomic E-state index is 0.110. The Morgan fingerprint density at radius 3 is 2.57 bits per heavy atom. The zero-order valence-electron chi connectivity index (χ0n) is 16.3. The first-order chi connectivity index (χ1) is 13.6. The molecule has 0 heterocycles. The molecule has 1 N–H and O–H groups in total. The summed E-state index contributed by atoms with van der Waals surface area (Å²) in [6, 6.07) is 11.4. The van der Waals surface area contributed by atoms with E-state index < -0.39 is 0 Å². The van der Waals surface area contributed by atoms with Crippen LogP contribution in [-0.2, 0) is 11.2 Å². The molecule has 0 fully saturated rings. The predicted octanol–water partition coefficient (Wildman–Crippen LogP) is 4.34. The highest BCUT2D eigenvalue weighted by atomic mass is 79.9. The molecule has 7 heteroatoms. The summed E-state index contributed by atoms with van der Waals surface area (Å²) in [6.45, 7) is 4.45. The molecule has 6 nitrogen and oxygen atoms in total. The number of nitrogens with zero attached hydrogens (tertiary/aromatic N) is 1. The first-order valence-corrected chi connectivity index (χ1v) is 9.90. The summed E-state index contributed by atoms with van der Waals surface area (Å²) < 4.78 is 17.1. The Balaban J connectivity index is 1.88. The number of carbonyl (C=O) groups excluding carboxylic acids is 1. The quantitative estimate of drug-likeness (QED) is 0.433. The summed E-state index contributed by atoms with van der Waals surface area (Å²) in [5, 5.41) is 3.96. The predicted molar refractivity (Wildman–Crippen MR) is 114 cm³/mol. The Bertz CT molecular complexity index is 807. The van der Waals surface area contributed by atoms with E-state index in [9.17, 15) is 4.79 Å².